The van der Waals surface area contributed by atoms with E-state index in [4.69, 9.17) is 14.2 Å². The molecule has 0 aromatic heterocycles. The minimum Gasteiger partial charge on any atom is -0.462 e. The Balaban J connectivity index is 4.44. The molecule has 0 aliphatic heterocycles. The van der Waals surface area contributed by atoms with Gasteiger partial charge < -0.3 is 14.2 Å². The van der Waals surface area contributed by atoms with Gasteiger partial charge in [-0.05, 0) is 83.5 Å². The molecule has 0 aliphatic carbocycles. The molecule has 0 N–H and O–H groups in total. The third kappa shape index (κ3) is 49.9. The highest BCUT2D eigenvalue weighted by Gasteiger charge is 2.19. The lowest BCUT2D eigenvalue weighted by atomic mass is 10.0. The summed E-state index contributed by atoms with van der Waals surface area (Å²) in [5.74, 6) is -0.946. The Hall–Kier alpha value is -3.15. The maximum absolute atomic E-state index is 12.8. The minimum atomic E-state index is -0.801. The number of ether oxygens (including phenoxy) is 3. The highest BCUT2D eigenvalue weighted by molar-refractivity contribution is 5.71. The molecule has 0 amide bonds. The predicted molar refractivity (Wildman–Crippen MR) is 274 cm³/mol. The fraction of sp³-hybridized carbons (Fsp3) is 0.741. The molecule has 0 aromatic carbocycles. The van der Waals surface area contributed by atoms with Gasteiger partial charge in [0.25, 0.3) is 0 Å². The maximum atomic E-state index is 12.8. The predicted octanol–water partition coefficient (Wildman–Crippen LogP) is 17.8. The maximum Gasteiger partial charge on any atom is 0.306 e. The van der Waals surface area contributed by atoms with Crippen molar-refractivity contribution in [3.8, 4) is 0 Å². The molecule has 0 rings (SSSR count). The topological polar surface area (TPSA) is 78.9 Å². The van der Waals surface area contributed by atoms with Crippen LogP contribution < -0.4 is 0 Å². The Morgan fingerprint density at radius 2 is 0.625 bits per heavy atom. The summed E-state index contributed by atoms with van der Waals surface area (Å²) in [5.41, 5.74) is 0. The van der Waals surface area contributed by atoms with Crippen molar-refractivity contribution >= 4 is 17.9 Å². The van der Waals surface area contributed by atoms with Crippen molar-refractivity contribution in [3.63, 3.8) is 0 Å². The van der Waals surface area contributed by atoms with E-state index in [1.165, 1.54) is 109 Å². The normalized spacial score (nSPS) is 12.6. The molecule has 0 heterocycles. The van der Waals surface area contributed by atoms with E-state index in [1.54, 1.807) is 0 Å². The van der Waals surface area contributed by atoms with Crippen molar-refractivity contribution in [2.45, 2.75) is 264 Å². The first-order valence-electron chi connectivity index (χ1n) is 26.9. The number of esters is 3. The smallest absolute Gasteiger partial charge is 0.306 e. The van der Waals surface area contributed by atoms with Gasteiger partial charge in [-0.25, -0.2) is 0 Å². The fourth-order valence-corrected chi connectivity index (χ4v) is 7.39. The second-order valence-electron chi connectivity index (χ2n) is 17.8. The monoisotopic (exact) mass is 893 g/mol. The summed E-state index contributed by atoms with van der Waals surface area (Å²) >= 11 is 0. The standard InChI is InChI=1S/C58H100O6/c1-4-7-10-13-16-19-22-25-28-29-31-33-36-39-42-45-48-51-57(60)63-54-55(53-62-56(59)50-47-44-41-38-35-32-27-24-21-18-15-12-9-6-3)64-58(61)52-49-46-43-40-37-34-30-26-23-20-17-14-11-8-5-2/h8,11,15,17-18,20,24,26-27,30,37,40,55H,4-7,9-10,12-14,16,19,21-23,25,28-29,31-36,38-39,41-54H2,1-3H3/b11-8-,18-15-,20-17-,27-24-,30-26-,40-37-. The van der Waals surface area contributed by atoms with Crippen molar-refractivity contribution in [3.05, 3.63) is 72.9 Å². The zero-order valence-corrected chi connectivity index (χ0v) is 42.0. The van der Waals surface area contributed by atoms with Crippen molar-refractivity contribution in [1.82, 2.24) is 0 Å². The SMILES string of the molecule is CC/C=C\C/C=C\C/C=C\C/C=C\CCCCC(=O)OC(COC(=O)CCCCCCC/C=C\C/C=C\CCCC)COC(=O)CCCCCCCCCCCCCCCCCCC. The quantitative estimate of drug-likeness (QED) is 0.0262. The van der Waals surface area contributed by atoms with Gasteiger partial charge in [-0.2, -0.15) is 0 Å². The molecular formula is C58H100O6. The van der Waals surface area contributed by atoms with Crippen molar-refractivity contribution in [1.29, 1.82) is 0 Å². The largest absolute Gasteiger partial charge is 0.462 e. The van der Waals surface area contributed by atoms with Crippen LogP contribution in [0.4, 0.5) is 0 Å². The Morgan fingerprint density at radius 3 is 1.03 bits per heavy atom. The third-order valence-corrected chi connectivity index (χ3v) is 11.4. The first-order valence-corrected chi connectivity index (χ1v) is 26.9. The van der Waals surface area contributed by atoms with E-state index in [1.807, 2.05) is 0 Å². The molecule has 64 heavy (non-hydrogen) atoms. The van der Waals surface area contributed by atoms with Crippen LogP contribution in [0.15, 0.2) is 72.9 Å². The van der Waals surface area contributed by atoms with Gasteiger partial charge in [0, 0.05) is 19.3 Å². The number of allylic oxidation sites excluding steroid dienone is 12. The zero-order chi connectivity index (χ0) is 46.5. The van der Waals surface area contributed by atoms with E-state index < -0.39 is 6.10 Å². The molecule has 0 spiro atoms. The molecule has 0 fully saturated rings. The summed E-state index contributed by atoms with van der Waals surface area (Å²) in [7, 11) is 0. The van der Waals surface area contributed by atoms with Crippen LogP contribution in [0.25, 0.3) is 0 Å². The van der Waals surface area contributed by atoms with Crippen LogP contribution >= 0.6 is 0 Å². The zero-order valence-electron chi connectivity index (χ0n) is 42.0. The number of carbonyl (C=O) groups is 3. The molecule has 0 radical (unpaired) electrons. The third-order valence-electron chi connectivity index (χ3n) is 11.4. The molecule has 0 saturated carbocycles. The molecule has 368 valence electrons. The molecule has 0 bridgehead atoms. The number of rotatable bonds is 48. The van der Waals surface area contributed by atoms with Gasteiger partial charge in [-0.3, -0.25) is 14.4 Å². The minimum absolute atomic E-state index is 0.0949. The van der Waals surface area contributed by atoms with Crippen molar-refractivity contribution in [2.75, 3.05) is 13.2 Å². The van der Waals surface area contributed by atoms with E-state index in [-0.39, 0.29) is 37.5 Å². The Morgan fingerprint density at radius 1 is 0.328 bits per heavy atom. The van der Waals surface area contributed by atoms with E-state index in [9.17, 15) is 14.4 Å². The van der Waals surface area contributed by atoms with E-state index in [2.05, 4.69) is 93.7 Å². The summed E-state index contributed by atoms with van der Waals surface area (Å²) in [6, 6.07) is 0. The van der Waals surface area contributed by atoms with Crippen LogP contribution in [0, 0.1) is 0 Å². The lowest BCUT2D eigenvalue weighted by Crippen LogP contribution is -2.30. The van der Waals surface area contributed by atoms with E-state index >= 15 is 0 Å². The van der Waals surface area contributed by atoms with Crippen LogP contribution in [-0.4, -0.2) is 37.2 Å². The average Bonchev–Trinajstić information content (AvgIpc) is 3.29. The second-order valence-corrected chi connectivity index (χ2v) is 17.8. The molecule has 1 atom stereocenters. The molecule has 6 heteroatoms. The summed E-state index contributed by atoms with van der Waals surface area (Å²) < 4.78 is 16.8. The van der Waals surface area contributed by atoms with E-state index in [0.717, 1.165) is 103 Å². The number of hydrogen-bond donors (Lipinski definition) is 0. The van der Waals surface area contributed by atoms with Crippen LogP contribution in [0.2, 0.25) is 0 Å². The number of hydrogen-bond acceptors (Lipinski definition) is 6. The Kier molecular flexibility index (Phi) is 49.9. The van der Waals surface area contributed by atoms with Crippen molar-refractivity contribution < 1.29 is 28.6 Å². The van der Waals surface area contributed by atoms with Gasteiger partial charge in [0.15, 0.2) is 6.10 Å². The van der Waals surface area contributed by atoms with Gasteiger partial charge in [-0.15, -0.1) is 0 Å². The average molecular weight is 893 g/mol. The van der Waals surface area contributed by atoms with Gasteiger partial charge in [-0.1, -0.05) is 229 Å². The highest BCUT2D eigenvalue weighted by Crippen LogP contribution is 2.15. The lowest BCUT2D eigenvalue weighted by molar-refractivity contribution is -0.167. The lowest BCUT2D eigenvalue weighted by Gasteiger charge is -2.18. The first kappa shape index (κ1) is 60.9. The molecule has 6 nitrogen and oxygen atoms in total. The molecule has 0 aromatic rings. The van der Waals surface area contributed by atoms with Gasteiger partial charge in [0.1, 0.15) is 13.2 Å². The van der Waals surface area contributed by atoms with Crippen LogP contribution in [0.3, 0.4) is 0 Å². The van der Waals surface area contributed by atoms with Crippen LogP contribution in [0.1, 0.15) is 258 Å². The summed E-state index contributed by atoms with van der Waals surface area (Å²) in [5, 5.41) is 0. The molecule has 0 aliphatic rings. The van der Waals surface area contributed by atoms with Gasteiger partial charge >= 0.3 is 17.9 Å². The number of carbonyl (C=O) groups excluding carboxylic acids is 3. The van der Waals surface area contributed by atoms with Gasteiger partial charge in [0.2, 0.25) is 0 Å². The Bertz CT molecular complexity index is 1210. The number of unbranched alkanes of at least 4 members (excludes halogenated alkanes) is 25. The Labute approximate surface area is 395 Å². The first-order chi connectivity index (χ1) is 31.5. The fourth-order valence-electron chi connectivity index (χ4n) is 7.39. The summed E-state index contributed by atoms with van der Waals surface area (Å²) in [4.78, 5) is 38.0. The molecular weight excluding hydrogens is 793 g/mol. The van der Waals surface area contributed by atoms with Gasteiger partial charge in [0.05, 0.1) is 0 Å². The van der Waals surface area contributed by atoms with E-state index in [0.29, 0.717) is 19.3 Å². The highest BCUT2D eigenvalue weighted by atomic mass is 16.6. The van der Waals surface area contributed by atoms with Crippen molar-refractivity contribution in [2.24, 2.45) is 0 Å². The second kappa shape index (κ2) is 52.5. The molecule has 1 unspecified atom stereocenters. The summed E-state index contributed by atoms with van der Waals surface area (Å²) in [6.07, 6.45) is 66.0. The molecule has 0 saturated heterocycles. The van der Waals surface area contributed by atoms with Crippen LogP contribution in [0.5, 0.6) is 0 Å². The van der Waals surface area contributed by atoms with Crippen LogP contribution in [-0.2, 0) is 28.6 Å². The summed E-state index contributed by atoms with van der Waals surface area (Å²) in [6.45, 7) is 6.45.